The van der Waals surface area contributed by atoms with Crippen LogP contribution < -0.4 is 10.1 Å². The van der Waals surface area contributed by atoms with Crippen molar-refractivity contribution in [2.45, 2.75) is 26.6 Å². The standard InChI is InChI=1S/C16H16F3N3O2/c1-10-14(8-20-11(2)22-10)15(23)21-7-12-3-5-13(6-4-12)24-9-16(17,18)19/h3-6,8H,7,9H2,1-2H3,(H,21,23). The number of aryl methyl sites for hydroxylation is 2. The Morgan fingerprint density at radius 3 is 2.46 bits per heavy atom. The monoisotopic (exact) mass is 339 g/mol. The van der Waals surface area contributed by atoms with Crippen LogP contribution in [0.25, 0.3) is 0 Å². The van der Waals surface area contributed by atoms with Crippen LogP contribution in [0.15, 0.2) is 30.5 Å². The second-order valence-electron chi connectivity index (χ2n) is 5.15. The highest BCUT2D eigenvalue weighted by atomic mass is 19.4. The number of nitrogens with zero attached hydrogens (tertiary/aromatic N) is 2. The first kappa shape index (κ1) is 17.7. The van der Waals surface area contributed by atoms with Gasteiger partial charge in [-0.25, -0.2) is 9.97 Å². The van der Waals surface area contributed by atoms with E-state index in [9.17, 15) is 18.0 Å². The summed E-state index contributed by atoms with van der Waals surface area (Å²) in [5.74, 6) is 0.383. The summed E-state index contributed by atoms with van der Waals surface area (Å²) >= 11 is 0. The molecule has 0 aliphatic carbocycles. The Balaban J connectivity index is 1.91. The summed E-state index contributed by atoms with van der Waals surface area (Å²) in [6.45, 7) is 2.34. The van der Waals surface area contributed by atoms with Gasteiger partial charge in [-0.2, -0.15) is 13.2 Å². The minimum Gasteiger partial charge on any atom is -0.484 e. The predicted octanol–water partition coefficient (Wildman–Crippen LogP) is 2.96. The first-order valence-electron chi connectivity index (χ1n) is 7.11. The van der Waals surface area contributed by atoms with E-state index in [1.807, 2.05) is 0 Å². The van der Waals surface area contributed by atoms with E-state index in [0.717, 1.165) is 5.56 Å². The molecule has 0 fully saturated rings. The summed E-state index contributed by atoms with van der Waals surface area (Å²) < 4.78 is 40.8. The molecule has 0 bridgehead atoms. The molecule has 5 nitrogen and oxygen atoms in total. The topological polar surface area (TPSA) is 64.1 Å². The Morgan fingerprint density at radius 2 is 1.88 bits per heavy atom. The molecule has 8 heteroatoms. The molecule has 1 amide bonds. The van der Waals surface area contributed by atoms with Crippen molar-refractivity contribution in [3.63, 3.8) is 0 Å². The number of carbonyl (C=O) groups is 1. The first-order valence-corrected chi connectivity index (χ1v) is 7.11. The molecular weight excluding hydrogens is 323 g/mol. The highest BCUT2D eigenvalue weighted by Crippen LogP contribution is 2.18. The maximum absolute atomic E-state index is 12.1. The largest absolute Gasteiger partial charge is 0.484 e. The molecule has 24 heavy (non-hydrogen) atoms. The van der Waals surface area contributed by atoms with Gasteiger partial charge < -0.3 is 10.1 Å². The molecule has 1 N–H and O–H groups in total. The van der Waals surface area contributed by atoms with Gasteiger partial charge in [0.05, 0.1) is 11.3 Å². The lowest BCUT2D eigenvalue weighted by Crippen LogP contribution is -2.24. The van der Waals surface area contributed by atoms with E-state index in [-0.39, 0.29) is 18.2 Å². The quantitative estimate of drug-likeness (QED) is 0.910. The zero-order chi connectivity index (χ0) is 17.7. The van der Waals surface area contributed by atoms with Crippen molar-refractivity contribution < 1.29 is 22.7 Å². The summed E-state index contributed by atoms with van der Waals surface area (Å²) in [6, 6.07) is 6.02. The fourth-order valence-electron chi connectivity index (χ4n) is 1.95. The van der Waals surface area contributed by atoms with Crippen molar-refractivity contribution in [1.82, 2.24) is 15.3 Å². The van der Waals surface area contributed by atoms with Gasteiger partial charge in [0, 0.05) is 12.7 Å². The summed E-state index contributed by atoms with van der Waals surface area (Å²) in [4.78, 5) is 20.2. The van der Waals surface area contributed by atoms with Gasteiger partial charge in [-0.15, -0.1) is 0 Å². The Morgan fingerprint density at radius 1 is 1.21 bits per heavy atom. The summed E-state index contributed by atoms with van der Waals surface area (Å²) in [7, 11) is 0. The first-order chi connectivity index (χ1) is 11.2. The lowest BCUT2D eigenvalue weighted by atomic mass is 10.2. The van der Waals surface area contributed by atoms with Crippen LogP contribution in [-0.2, 0) is 6.54 Å². The number of aromatic nitrogens is 2. The molecule has 0 saturated carbocycles. The molecule has 2 rings (SSSR count). The van der Waals surface area contributed by atoms with Gasteiger partial charge in [-0.05, 0) is 31.5 Å². The predicted molar refractivity (Wildman–Crippen MR) is 80.7 cm³/mol. The third-order valence-electron chi connectivity index (χ3n) is 3.12. The average Bonchev–Trinajstić information content (AvgIpc) is 2.51. The minimum absolute atomic E-state index is 0.116. The van der Waals surface area contributed by atoms with Crippen LogP contribution in [0.4, 0.5) is 13.2 Å². The fraction of sp³-hybridized carbons (Fsp3) is 0.312. The number of alkyl halides is 3. The Hall–Kier alpha value is -2.64. The molecule has 0 spiro atoms. The van der Waals surface area contributed by atoms with Crippen molar-refractivity contribution >= 4 is 5.91 Å². The fourth-order valence-corrected chi connectivity index (χ4v) is 1.95. The molecular formula is C16H16F3N3O2. The number of nitrogens with one attached hydrogen (secondary N) is 1. The van der Waals surface area contributed by atoms with Gasteiger partial charge in [0.25, 0.3) is 5.91 Å². The van der Waals surface area contributed by atoms with Crippen molar-refractivity contribution in [2.75, 3.05) is 6.61 Å². The molecule has 128 valence electrons. The van der Waals surface area contributed by atoms with Crippen LogP contribution >= 0.6 is 0 Å². The van der Waals surface area contributed by atoms with Crippen molar-refractivity contribution in [1.29, 1.82) is 0 Å². The van der Waals surface area contributed by atoms with Crippen molar-refractivity contribution in [3.05, 3.63) is 53.1 Å². The Bertz CT molecular complexity index is 715. The maximum Gasteiger partial charge on any atom is 0.422 e. The van der Waals surface area contributed by atoms with Crippen LogP contribution in [0.3, 0.4) is 0 Å². The van der Waals surface area contributed by atoms with Crippen LogP contribution in [0.1, 0.15) is 27.4 Å². The van der Waals surface area contributed by atoms with E-state index in [0.29, 0.717) is 17.1 Å². The highest BCUT2D eigenvalue weighted by molar-refractivity contribution is 5.94. The summed E-state index contributed by atoms with van der Waals surface area (Å²) in [5, 5.41) is 2.71. The number of carbonyl (C=O) groups excluding carboxylic acids is 1. The molecule has 0 radical (unpaired) electrons. The van der Waals surface area contributed by atoms with Crippen molar-refractivity contribution in [3.8, 4) is 5.75 Å². The van der Waals surface area contributed by atoms with Crippen LogP contribution in [0.2, 0.25) is 0 Å². The Kier molecular flexibility index (Phi) is 5.38. The maximum atomic E-state index is 12.1. The van der Waals surface area contributed by atoms with Gasteiger partial charge in [0.15, 0.2) is 6.61 Å². The molecule has 0 aliphatic rings. The van der Waals surface area contributed by atoms with Crippen LogP contribution in [0, 0.1) is 13.8 Å². The number of ether oxygens (including phenoxy) is 1. The van der Waals surface area contributed by atoms with E-state index >= 15 is 0 Å². The molecule has 0 atom stereocenters. The van der Waals surface area contributed by atoms with E-state index in [2.05, 4.69) is 20.0 Å². The lowest BCUT2D eigenvalue weighted by molar-refractivity contribution is -0.153. The SMILES string of the molecule is Cc1ncc(C(=O)NCc2ccc(OCC(F)(F)F)cc2)c(C)n1. The second kappa shape index (κ2) is 7.29. The van der Waals surface area contributed by atoms with Gasteiger partial charge in [-0.1, -0.05) is 12.1 Å². The normalized spacial score (nSPS) is 11.2. The van der Waals surface area contributed by atoms with E-state index < -0.39 is 12.8 Å². The number of benzene rings is 1. The van der Waals surface area contributed by atoms with E-state index in [1.165, 1.54) is 18.3 Å². The molecule has 0 unspecified atom stereocenters. The van der Waals surface area contributed by atoms with Crippen LogP contribution in [0.5, 0.6) is 5.75 Å². The highest BCUT2D eigenvalue weighted by Gasteiger charge is 2.28. The van der Waals surface area contributed by atoms with Gasteiger partial charge in [0.1, 0.15) is 11.6 Å². The summed E-state index contributed by atoms with van der Waals surface area (Å²) in [6.07, 6.45) is -2.91. The van der Waals surface area contributed by atoms with Gasteiger partial charge >= 0.3 is 6.18 Å². The molecule has 2 aromatic rings. The zero-order valence-corrected chi connectivity index (χ0v) is 13.1. The van der Waals surface area contributed by atoms with Gasteiger partial charge in [-0.3, -0.25) is 4.79 Å². The molecule has 0 saturated heterocycles. The van der Waals surface area contributed by atoms with Gasteiger partial charge in [0.2, 0.25) is 0 Å². The lowest BCUT2D eigenvalue weighted by Gasteiger charge is -2.10. The number of hydrogen-bond acceptors (Lipinski definition) is 4. The van der Waals surface area contributed by atoms with Crippen molar-refractivity contribution in [2.24, 2.45) is 0 Å². The smallest absolute Gasteiger partial charge is 0.422 e. The molecule has 1 aromatic carbocycles. The van der Waals surface area contributed by atoms with E-state index in [4.69, 9.17) is 0 Å². The van der Waals surface area contributed by atoms with Crippen LogP contribution in [-0.4, -0.2) is 28.7 Å². The summed E-state index contributed by atoms with van der Waals surface area (Å²) in [5.41, 5.74) is 1.69. The Labute approximate surface area is 136 Å². The minimum atomic E-state index is -4.37. The number of halogens is 3. The molecule has 1 heterocycles. The zero-order valence-electron chi connectivity index (χ0n) is 13.1. The molecule has 1 aromatic heterocycles. The average molecular weight is 339 g/mol. The molecule has 0 aliphatic heterocycles. The number of hydrogen-bond donors (Lipinski definition) is 1. The third-order valence-corrected chi connectivity index (χ3v) is 3.12. The number of amides is 1. The second-order valence-corrected chi connectivity index (χ2v) is 5.15. The van der Waals surface area contributed by atoms with E-state index in [1.54, 1.807) is 26.0 Å². The number of rotatable bonds is 5. The third kappa shape index (κ3) is 5.22.